The second-order valence-corrected chi connectivity index (χ2v) is 4.69. The minimum atomic E-state index is -0.557. The van der Waals surface area contributed by atoms with Crippen LogP contribution in [0.25, 0.3) is 0 Å². The standard InChI is InChI=1S/C15H15ClN2O2/c1-18-9-10-2-4-11(5-3-10)20-12-6-7-13(15(17)19)14(16)8-12/h2-8,18H,9H2,1H3,(H2,17,19). The van der Waals surface area contributed by atoms with Crippen molar-refractivity contribution < 1.29 is 9.53 Å². The molecule has 0 spiro atoms. The van der Waals surface area contributed by atoms with Crippen LogP contribution in [0.5, 0.6) is 11.5 Å². The molecule has 0 bridgehead atoms. The van der Waals surface area contributed by atoms with Crippen LogP contribution in [0, 0.1) is 0 Å². The third kappa shape index (κ3) is 3.50. The van der Waals surface area contributed by atoms with Crippen molar-refractivity contribution in [3.8, 4) is 11.5 Å². The number of carbonyl (C=O) groups is 1. The second kappa shape index (κ2) is 6.41. The molecule has 0 atom stereocenters. The van der Waals surface area contributed by atoms with E-state index in [4.69, 9.17) is 22.1 Å². The van der Waals surface area contributed by atoms with E-state index < -0.39 is 5.91 Å². The number of carbonyl (C=O) groups excluding carboxylic acids is 1. The van der Waals surface area contributed by atoms with E-state index in [2.05, 4.69) is 5.32 Å². The topological polar surface area (TPSA) is 64.3 Å². The van der Waals surface area contributed by atoms with Crippen LogP contribution in [0.4, 0.5) is 0 Å². The molecule has 0 saturated carbocycles. The van der Waals surface area contributed by atoms with Gasteiger partial charge < -0.3 is 15.8 Å². The van der Waals surface area contributed by atoms with Gasteiger partial charge in [-0.15, -0.1) is 0 Å². The number of nitrogens with one attached hydrogen (secondary N) is 1. The Morgan fingerprint density at radius 3 is 2.40 bits per heavy atom. The van der Waals surface area contributed by atoms with Gasteiger partial charge in [0, 0.05) is 12.6 Å². The number of primary amides is 1. The molecule has 0 heterocycles. The molecular weight excluding hydrogens is 276 g/mol. The molecule has 3 N–H and O–H groups in total. The fourth-order valence-electron chi connectivity index (χ4n) is 1.77. The Morgan fingerprint density at radius 1 is 1.20 bits per heavy atom. The quantitative estimate of drug-likeness (QED) is 0.890. The summed E-state index contributed by atoms with van der Waals surface area (Å²) in [5, 5.41) is 3.35. The molecule has 0 aromatic heterocycles. The number of ether oxygens (including phenoxy) is 1. The number of hydrogen-bond acceptors (Lipinski definition) is 3. The largest absolute Gasteiger partial charge is 0.457 e. The van der Waals surface area contributed by atoms with E-state index >= 15 is 0 Å². The molecule has 0 aliphatic rings. The van der Waals surface area contributed by atoms with Crippen molar-refractivity contribution in [2.24, 2.45) is 5.73 Å². The van der Waals surface area contributed by atoms with Crippen LogP contribution in [0.3, 0.4) is 0 Å². The molecule has 2 aromatic carbocycles. The van der Waals surface area contributed by atoms with Crippen molar-refractivity contribution in [3.05, 3.63) is 58.6 Å². The van der Waals surface area contributed by atoms with Crippen molar-refractivity contribution in [3.63, 3.8) is 0 Å². The van der Waals surface area contributed by atoms with Crippen LogP contribution in [0.15, 0.2) is 42.5 Å². The lowest BCUT2D eigenvalue weighted by molar-refractivity contribution is 0.100. The SMILES string of the molecule is CNCc1ccc(Oc2ccc(C(N)=O)c(Cl)c2)cc1. The number of benzene rings is 2. The minimum Gasteiger partial charge on any atom is -0.457 e. The number of rotatable bonds is 5. The summed E-state index contributed by atoms with van der Waals surface area (Å²) in [6.45, 7) is 0.805. The third-order valence-electron chi connectivity index (χ3n) is 2.75. The average molecular weight is 291 g/mol. The lowest BCUT2D eigenvalue weighted by atomic mass is 10.2. The molecule has 2 rings (SSSR count). The fourth-order valence-corrected chi connectivity index (χ4v) is 2.04. The normalized spacial score (nSPS) is 10.3. The lowest BCUT2D eigenvalue weighted by Crippen LogP contribution is -2.11. The maximum Gasteiger partial charge on any atom is 0.250 e. The summed E-state index contributed by atoms with van der Waals surface area (Å²) in [4.78, 5) is 11.1. The number of halogens is 1. The summed E-state index contributed by atoms with van der Waals surface area (Å²) in [6, 6.07) is 12.5. The summed E-state index contributed by atoms with van der Waals surface area (Å²) >= 11 is 5.97. The molecule has 0 saturated heterocycles. The van der Waals surface area contributed by atoms with Gasteiger partial charge >= 0.3 is 0 Å². The smallest absolute Gasteiger partial charge is 0.250 e. The first kappa shape index (κ1) is 14.4. The molecule has 5 heteroatoms. The highest BCUT2D eigenvalue weighted by Gasteiger charge is 2.08. The predicted molar refractivity (Wildman–Crippen MR) is 79.2 cm³/mol. The molecule has 1 amide bonds. The Labute approximate surface area is 122 Å². The summed E-state index contributed by atoms with van der Waals surface area (Å²) in [5.41, 5.74) is 6.64. The summed E-state index contributed by atoms with van der Waals surface area (Å²) < 4.78 is 5.67. The molecule has 0 aliphatic heterocycles. The van der Waals surface area contributed by atoms with Crippen LogP contribution in [0.1, 0.15) is 15.9 Å². The molecule has 2 aromatic rings. The fraction of sp³-hybridized carbons (Fsp3) is 0.133. The van der Waals surface area contributed by atoms with E-state index in [1.807, 2.05) is 31.3 Å². The zero-order valence-electron chi connectivity index (χ0n) is 11.0. The molecule has 104 valence electrons. The summed E-state index contributed by atoms with van der Waals surface area (Å²) in [7, 11) is 1.90. The zero-order valence-corrected chi connectivity index (χ0v) is 11.8. The van der Waals surface area contributed by atoms with Crippen LogP contribution >= 0.6 is 11.6 Å². The summed E-state index contributed by atoms with van der Waals surface area (Å²) in [6.07, 6.45) is 0. The third-order valence-corrected chi connectivity index (χ3v) is 3.06. The Bertz CT molecular complexity index is 612. The second-order valence-electron chi connectivity index (χ2n) is 4.28. The molecule has 0 radical (unpaired) electrons. The van der Waals surface area contributed by atoms with E-state index in [0.717, 1.165) is 6.54 Å². The molecule has 4 nitrogen and oxygen atoms in total. The van der Waals surface area contributed by atoms with Gasteiger partial charge in [0.2, 0.25) is 5.91 Å². The monoisotopic (exact) mass is 290 g/mol. The van der Waals surface area contributed by atoms with E-state index in [1.54, 1.807) is 18.2 Å². The van der Waals surface area contributed by atoms with Crippen LogP contribution in [0.2, 0.25) is 5.02 Å². The first-order chi connectivity index (χ1) is 9.60. The highest BCUT2D eigenvalue weighted by Crippen LogP contribution is 2.26. The Kier molecular flexibility index (Phi) is 4.61. The average Bonchev–Trinajstić information content (AvgIpc) is 2.41. The Hall–Kier alpha value is -2.04. The molecule has 0 unspecified atom stereocenters. The zero-order chi connectivity index (χ0) is 14.5. The number of amides is 1. The van der Waals surface area contributed by atoms with Crippen molar-refractivity contribution in [1.29, 1.82) is 0 Å². The van der Waals surface area contributed by atoms with Crippen LogP contribution in [-0.4, -0.2) is 13.0 Å². The predicted octanol–water partition coefficient (Wildman–Crippen LogP) is 2.95. The molecular formula is C15H15ClN2O2. The van der Waals surface area contributed by atoms with Gasteiger partial charge in [0.1, 0.15) is 11.5 Å². The van der Waals surface area contributed by atoms with Gasteiger partial charge in [-0.05, 0) is 36.9 Å². The first-order valence-electron chi connectivity index (χ1n) is 6.11. The van der Waals surface area contributed by atoms with E-state index in [1.165, 1.54) is 5.56 Å². The van der Waals surface area contributed by atoms with E-state index in [0.29, 0.717) is 11.5 Å². The van der Waals surface area contributed by atoms with Gasteiger partial charge in [-0.1, -0.05) is 23.7 Å². The number of hydrogen-bond donors (Lipinski definition) is 2. The van der Waals surface area contributed by atoms with Gasteiger partial charge in [0.15, 0.2) is 0 Å². The van der Waals surface area contributed by atoms with Gasteiger partial charge in [0.05, 0.1) is 10.6 Å². The summed E-state index contributed by atoms with van der Waals surface area (Å²) in [5.74, 6) is 0.701. The minimum absolute atomic E-state index is 0.279. The van der Waals surface area contributed by atoms with Gasteiger partial charge in [-0.25, -0.2) is 0 Å². The van der Waals surface area contributed by atoms with Crippen molar-refractivity contribution in [1.82, 2.24) is 5.32 Å². The van der Waals surface area contributed by atoms with Crippen molar-refractivity contribution in [2.45, 2.75) is 6.54 Å². The van der Waals surface area contributed by atoms with Crippen LogP contribution in [-0.2, 0) is 6.54 Å². The Morgan fingerprint density at radius 2 is 1.85 bits per heavy atom. The first-order valence-corrected chi connectivity index (χ1v) is 6.48. The van der Waals surface area contributed by atoms with Gasteiger partial charge in [-0.3, -0.25) is 4.79 Å². The Balaban J connectivity index is 2.13. The maximum absolute atomic E-state index is 11.1. The van der Waals surface area contributed by atoms with Crippen LogP contribution < -0.4 is 15.8 Å². The molecule has 0 aliphatic carbocycles. The van der Waals surface area contributed by atoms with Gasteiger partial charge in [0.25, 0.3) is 0 Å². The molecule has 0 fully saturated rings. The van der Waals surface area contributed by atoms with E-state index in [9.17, 15) is 4.79 Å². The van der Waals surface area contributed by atoms with Gasteiger partial charge in [-0.2, -0.15) is 0 Å². The van der Waals surface area contributed by atoms with Crippen molar-refractivity contribution in [2.75, 3.05) is 7.05 Å². The molecule has 20 heavy (non-hydrogen) atoms. The van der Waals surface area contributed by atoms with Crippen molar-refractivity contribution >= 4 is 17.5 Å². The highest BCUT2D eigenvalue weighted by molar-refractivity contribution is 6.33. The lowest BCUT2D eigenvalue weighted by Gasteiger charge is -2.08. The number of nitrogens with two attached hydrogens (primary N) is 1. The maximum atomic E-state index is 11.1. The highest BCUT2D eigenvalue weighted by atomic mass is 35.5. The van der Waals surface area contributed by atoms with E-state index in [-0.39, 0.29) is 10.6 Å².